The van der Waals surface area contributed by atoms with Crippen molar-refractivity contribution >= 4 is 23.2 Å². The molecule has 0 fully saturated rings. The summed E-state index contributed by atoms with van der Waals surface area (Å²) in [6, 6.07) is 9.44. The van der Waals surface area contributed by atoms with Gasteiger partial charge >= 0.3 is 0 Å². The molecule has 0 radical (unpaired) electrons. The van der Waals surface area contributed by atoms with Gasteiger partial charge in [0, 0.05) is 17.7 Å². The van der Waals surface area contributed by atoms with Gasteiger partial charge in [0.2, 0.25) is 0 Å². The third-order valence-corrected chi connectivity index (χ3v) is 5.14. The van der Waals surface area contributed by atoms with Crippen LogP contribution in [0.5, 0.6) is 0 Å². The van der Waals surface area contributed by atoms with E-state index in [0.717, 1.165) is 41.8 Å². The Balaban J connectivity index is 1.83. The SMILES string of the molecule is CC(C)(O)CNc1cc(C2=CCCCC2)nn2c(-c3ccc(C=O)cc3)cnc12. The van der Waals surface area contributed by atoms with Gasteiger partial charge in [-0.3, -0.25) is 4.79 Å². The lowest BCUT2D eigenvalue weighted by Crippen LogP contribution is -2.29. The zero-order valence-corrected chi connectivity index (χ0v) is 16.9. The third-order valence-electron chi connectivity index (χ3n) is 5.14. The fourth-order valence-electron chi connectivity index (χ4n) is 3.57. The standard InChI is InChI=1S/C23H26N4O2/c1-23(2,29)15-25-20-12-19(17-6-4-3-5-7-17)26-27-21(13-24-22(20)27)18-10-8-16(14-28)9-11-18/h6,8-14,25,29H,3-5,7,15H2,1-2H3. The van der Waals surface area contributed by atoms with Crippen molar-refractivity contribution in [3.05, 3.63) is 53.9 Å². The topological polar surface area (TPSA) is 79.5 Å². The lowest BCUT2D eigenvalue weighted by atomic mass is 9.97. The average Bonchev–Trinajstić information content (AvgIpc) is 3.16. The number of carbonyl (C=O) groups excluding carboxylic acids is 1. The number of benzene rings is 1. The number of nitrogens with one attached hydrogen (secondary N) is 1. The van der Waals surface area contributed by atoms with Crippen molar-refractivity contribution in [3.63, 3.8) is 0 Å². The molecule has 0 atom stereocenters. The zero-order chi connectivity index (χ0) is 20.4. The summed E-state index contributed by atoms with van der Waals surface area (Å²) in [5.74, 6) is 0. The lowest BCUT2D eigenvalue weighted by molar-refractivity contribution is 0.0945. The largest absolute Gasteiger partial charge is 0.389 e. The van der Waals surface area contributed by atoms with E-state index in [1.165, 1.54) is 18.4 Å². The van der Waals surface area contributed by atoms with Crippen molar-refractivity contribution in [2.45, 2.75) is 45.1 Å². The van der Waals surface area contributed by atoms with Gasteiger partial charge in [0.1, 0.15) is 6.29 Å². The summed E-state index contributed by atoms with van der Waals surface area (Å²) in [5, 5.41) is 18.4. The van der Waals surface area contributed by atoms with Gasteiger partial charge in [-0.25, -0.2) is 9.50 Å². The molecular formula is C23H26N4O2. The van der Waals surface area contributed by atoms with E-state index in [4.69, 9.17) is 5.10 Å². The molecule has 3 aromatic rings. The fraction of sp³-hybridized carbons (Fsp3) is 0.348. The third kappa shape index (κ3) is 4.22. The van der Waals surface area contributed by atoms with E-state index in [-0.39, 0.29) is 0 Å². The average molecular weight is 390 g/mol. The second-order valence-corrected chi connectivity index (χ2v) is 8.20. The molecule has 0 bridgehead atoms. The van der Waals surface area contributed by atoms with Crippen molar-refractivity contribution in [2.75, 3.05) is 11.9 Å². The lowest BCUT2D eigenvalue weighted by Gasteiger charge is -2.20. The molecule has 0 amide bonds. The monoisotopic (exact) mass is 390 g/mol. The van der Waals surface area contributed by atoms with E-state index < -0.39 is 5.60 Å². The summed E-state index contributed by atoms with van der Waals surface area (Å²) < 4.78 is 1.85. The number of hydrogen-bond acceptors (Lipinski definition) is 5. The summed E-state index contributed by atoms with van der Waals surface area (Å²) >= 11 is 0. The number of carbonyl (C=O) groups is 1. The number of hydrogen-bond donors (Lipinski definition) is 2. The van der Waals surface area contributed by atoms with Crippen molar-refractivity contribution in [2.24, 2.45) is 0 Å². The van der Waals surface area contributed by atoms with Crippen LogP contribution < -0.4 is 5.32 Å². The summed E-state index contributed by atoms with van der Waals surface area (Å²) in [5.41, 5.74) is 5.34. The van der Waals surface area contributed by atoms with Crippen LogP contribution in [0.15, 0.2) is 42.6 Å². The Morgan fingerprint density at radius 1 is 1.24 bits per heavy atom. The maximum atomic E-state index is 11.0. The molecule has 0 aliphatic heterocycles. The maximum Gasteiger partial charge on any atom is 0.177 e. The molecule has 2 aromatic heterocycles. The fourth-order valence-corrected chi connectivity index (χ4v) is 3.57. The van der Waals surface area contributed by atoms with Crippen LogP contribution in [-0.4, -0.2) is 38.1 Å². The smallest absolute Gasteiger partial charge is 0.177 e. The summed E-state index contributed by atoms with van der Waals surface area (Å²) in [6.45, 7) is 3.95. The van der Waals surface area contributed by atoms with Crippen LogP contribution in [0.4, 0.5) is 5.69 Å². The second kappa shape index (κ2) is 7.79. The first-order valence-electron chi connectivity index (χ1n) is 10.0. The number of aldehydes is 1. The molecule has 1 aliphatic rings. The van der Waals surface area contributed by atoms with Crippen LogP contribution in [0.2, 0.25) is 0 Å². The quantitative estimate of drug-likeness (QED) is 0.612. The van der Waals surface area contributed by atoms with Gasteiger partial charge < -0.3 is 10.4 Å². The van der Waals surface area contributed by atoms with Gasteiger partial charge in [0.05, 0.1) is 28.9 Å². The molecule has 150 valence electrons. The van der Waals surface area contributed by atoms with Crippen molar-refractivity contribution in [1.82, 2.24) is 14.6 Å². The van der Waals surface area contributed by atoms with Gasteiger partial charge in [-0.2, -0.15) is 5.10 Å². The molecule has 1 aromatic carbocycles. The predicted molar refractivity (Wildman–Crippen MR) is 115 cm³/mol. The highest BCUT2D eigenvalue weighted by Gasteiger charge is 2.18. The highest BCUT2D eigenvalue weighted by Crippen LogP contribution is 2.30. The molecule has 4 rings (SSSR count). The van der Waals surface area contributed by atoms with Gasteiger partial charge in [-0.15, -0.1) is 0 Å². The predicted octanol–water partition coefficient (Wildman–Crippen LogP) is 4.35. The zero-order valence-electron chi connectivity index (χ0n) is 16.9. The number of aliphatic hydroxyl groups is 1. The first-order valence-corrected chi connectivity index (χ1v) is 10.0. The van der Waals surface area contributed by atoms with Crippen molar-refractivity contribution in [3.8, 4) is 11.3 Å². The Hall–Kier alpha value is -2.99. The minimum atomic E-state index is -0.843. The van der Waals surface area contributed by atoms with Crippen LogP contribution in [-0.2, 0) is 0 Å². The van der Waals surface area contributed by atoms with E-state index in [1.807, 2.05) is 22.7 Å². The molecule has 6 nitrogen and oxygen atoms in total. The van der Waals surface area contributed by atoms with E-state index in [0.29, 0.717) is 17.8 Å². The van der Waals surface area contributed by atoms with Gasteiger partial charge in [0.25, 0.3) is 0 Å². The Bertz CT molecular complexity index is 1060. The van der Waals surface area contributed by atoms with Crippen LogP contribution >= 0.6 is 0 Å². The molecule has 29 heavy (non-hydrogen) atoms. The number of nitrogens with zero attached hydrogens (tertiary/aromatic N) is 3. The molecule has 0 unspecified atom stereocenters. The van der Waals surface area contributed by atoms with Crippen molar-refractivity contribution < 1.29 is 9.90 Å². The first-order chi connectivity index (χ1) is 13.9. The molecule has 2 N–H and O–H groups in total. The van der Waals surface area contributed by atoms with Gasteiger partial charge in [-0.05, 0) is 51.2 Å². The minimum Gasteiger partial charge on any atom is -0.389 e. The van der Waals surface area contributed by atoms with E-state index >= 15 is 0 Å². The molecule has 0 saturated heterocycles. The highest BCUT2D eigenvalue weighted by atomic mass is 16.3. The number of fused-ring (bicyclic) bond motifs is 1. The number of rotatable bonds is 6. The normalized spacial score (nSPS) is 14.7. The van der Waals surface area contributed by atoms with Gasteiger partial charge in [0.15, 0.2) is 5.65 Å². The number of allylic oxidation sites excluding steroid dienone is 2. The Labute approximate surface area is 170 Å². The second-order valence-electron chi connectivity index (χ2n) is 8.20. The highest BCUT2D eigenvalue weighted by molar-refractivity contribution is 5.79. The molecule has 0 spiro atoms. The number of imidazole rings is 1. The summed E-state index contributed by atoms with van der Waals surface area (Å²) in [6.07, 6.45) is 9.38. The summed E-state index contributed by atoms with van der Waals surface area (Å²) in [7, 11) is 0. The van der Waals surface area contributed by atoms with Crippen LogP contribution in [0.1, 0.15) is 55.6 Å². The maximum absolute atomic E-state index is 11.0. The molecule has 0 saturated carbocycles. The van der Waals surface area contributed by atoms with Crippen LogP contribution in [0.3, 0.4) is 0 Å². The van der Waals surface area contributed by atoms with Crippen LogP contribution in [0.25, 0.3) is 22.5 Å². The molecular weight excluding hydrogens is 364 g/mol. The van der Waals surface area contributed by atoms with E-state index in [1.54, 1.807) is 32.2 Å². The number of aromatic nitrogens is 3. The van der Waals surface area contributed by atoms with Crippen molar-refractivity contribution in [1.29, 1.82) is 0 Å². The molecule has 2 heterocycles. The Morgan fingerprint density at radius 2 is 2.03 bits per heavy atom. The van der Waals surface area contributed by atoms with Gasteiger partial charge in [-0.1, -0.05) is 30.3 Å². The van der Waals surface area contributed by atoms with E-state index in [2.05, 4.69) is 16.4 Å². The number of anilines is 1. The Kier molecular flexibility index (Phi) is 5.20. The molecule has 6 heteroatoms. The van der Waals surface area contributed by atoms with Crippen LogP contribution in [0, 0.1) is 0 Å². The van der Waals surface area contributed by atoms with E-state index in [9.17, 15) is 9.90 Å². The summed E-state index contributed by atoms with van der Waals surface area (Å²) in [4.78, 5) is 15.6. The Morgan fingerprint density at radius 3 is 2.69 bits per heavy atom. The first kappa shape index (κ1) is 19.3. The minimum absolute atomic E-state index is 0.404. The molecule has 1 aliphatic carbocycles.